The minimum Gasteiger partial charge on any atom is -0.399 e. The topological polar surface area (TPSA) is 55.6 Å². The first-order valence-electron chi connectivity index (χ1n) is 5.80. The molecule has 0 saturated carbocycles. The molecule has 0 aromatic heterocycles. The number of amides is 1. The van der Waals surface area contributed by atoms with Crippen LogP contribution in [0.25, 0.3) is 0 Å². The van der Waals surface area contributed by atoms with Gasteiger partial charge in [0.1, 0.15) is 6.61 Å². The van der Waals surface area contributed by atoms with Crippen molar-refractivity contribution in [2.75, 3.05) is 32.5 Å². The lowest BCUT2D eigenvalue weighted by Crippen LogP contribution is -2.30. The number of carbonyl (C=O) groups is 1. The molecular weight excluding hydrogens is 216 g/mol. The third kappa shape index (κ3) is 4.44. The van der Waals surface area contributed by atoms with Crippen molar-refractivity contribution in [3.63, 3.8) is 0 Å². The summed E-state index contributed by atoms with van der Waals surface area (Å²) in [6.07, 6.45) is 0.732. The molecule has 1 aromatic carbocycles. The zero-order valence-electron chi connectivity index (χ0n) is 10.5. The Balaban J connectivity index is 2.25. The summed E-state index contributed by atoms with van der Waals surface area (Å²) in [5.41, 5.74) is 7.63. The maximum absolute atomic E-state index is 11.4. The van der Waals surface area contributed by atoms with Crippen molar-refractivity contribution < 1.29 is 9.53 Å². The molecule has 0 radical (unpaired) electrons. The summed E-state index contributed by atoms with van der Waals surface area (Å²) in [4.78, 5) is 13.1. The molecule has 0 heterocycles. The number of hydrogen-bond donors (Lipinski definition) is 1. The lowest BCUT2D eigenvalue weighted by Gasteiger charge is -2.14. The Morgan fingerprint density at radius 2 is 2.12 bits per heavy atom. The van der Waals surface area contributed by atoms with Crippen LogP contribution in [-0.2, 0) is 16.0 Å². The fraction of sp³-hybridized carbons (Fsp3) is 0.462. The number of rotatable bonds is 6. The maximum atomic E-state index is 11.4. The summed E-state index contributed by atoms with van der Waals surface area (Å²) in [6, 6.07) is 7.69. The molecule has 0 atom stereocenters. The highest BCUT2D eigenvalue weighted by Crippen LogP contribution is 2.10. The lowest BCUT2D eigenvalue weighted by molar-refractivity contribution is -0.134. The summed E-state index contributed by atoms with van der Waals surface area (Å²) in [6.45, 7) is 3.28. The zero-order chi connectivity index (χ0) is 12.7. The third-order valence-corrected chi connectivity index (χ3v) is 2.70. The average molecular weight is 236 g/mol. The highest BCUT2D eigenvalue weighted by atomic mass is 16.5. The molecule has 0 aliphatic heterocycles. The number of nitrogens with two attached hydrogens (primary N) is 1. The molecule has 0 saturated heterocycles. The molecule has 0 fully saturated rings. The van der Waals surface area contributed by atoms with Crippen LogP contribution in [0.1, 0.15) is 12.5 Å². The van der Waals surface area contributed by atoms with Gasteiger partial charge in [-0.3, -0.25) is 4.79 Å². The second-order valence-electron chi connectivity index (χ2n) is 3.91. The highest BCUT2D eigenvalue weighted by Gasteiger charge is 2.06. The van der Waals surface area contributed by atoms with Crippen LogP contribution in [0, 0.1) is 0 Å². The minimum atomic E-state index is 0.00790. The van der Waals surface area contributed by atoms with E-state index in [-0.39, 0.29) is 12.5 Å². The van der Waals surface area contributed by atoms with Gasteiger partial charge < -0.3 is 15.4 Å². The van der Waals surface area contributed by atoms with Gasteiger partial charge in [-0.05, 0) is 25.0 Å². The van der Waals surface area contributed by atoms with E-state index in [0.717, 1.165) is 17.7 Å². The number of para-hydroxylation sites is 1. The van der Waals surface area contributed by atoms with E-state index in [9.17, 15) is 4.79 Å². The smallest absolute Gasteiger partial charge is 0.248 e. The molecule has 0 spiro atoms. The lowest BCUT2D eigenvalue weighted by atomic mass is 10.1. The van der Waals surface area contributed by atoms with E-state index in [4.69, 9.17) is 10.5 Å². The number of likely N-dealkylation sites (N-methyl/N-ethyl adjacent to an activating group) is 1. The number of carbonyl (C=O) groups excluding carboxylic acids is 1. The molecule has 94 valence electrons. The quantitative estimate of drug-likeness (QED) is 0.598. The van der Waals surface area contributed by atoms with Crippen LogP contribution < -0.4 is 5.73 Å². The Morgan fingerprint density at radius 3 is 2.76 bits per heavy atom. The van der Waals surface area contributed by atoms with Crippen LogP contribution in [0.5, 0.6) is 0 Å². The molecule has 0 unspecified atom stereocenters. The summed E-state index contributed by atoms with van der Waals surface area (Å²) in [7, 11) is 1.76. The van der Waals surface area contributed by atoms with Gasteiger partial charge in [0, 0.05) is 19.3 Å². The van der Waals surface area contributed by atoms with Gasteiger partial charge in [-0.2, -0.15) is 0 Å². The number of benzene rings is 1. The van der Waals surface area contributed by atoms with Crippen molar-refractivity contribution in [1.82, 2.24) is 4.90 Å². The van der Waals surface area contributed by atoms with E-state index in [1.165, 1.54) is 0 Å². The van der Waals surface area contributed by atoms with Gasteiger partial charge in [0.15, 0.2) is 0 Å². The zero-order valence-corrected chi connectivity index (χ0v) is 10.5. The van der Waals surface area contributed by atoms with Crippen molar-refractivity contribution >= 4 is 11.6 Å². The van der Waals surface area contributed by atoms with Crippen molar-refractivity contribution in [3.8, 4) is 0 Å². The Hall–Kier alpha value is -1.55. The monoisotopic (exact) mass is 236 g/mol. The first kappa shape index (κ1) is 13.5. The Kier molecular flexibility index (Phi) is 5.49. The van der Waals surface area contributed by atoms with Crippen molar-refractivity contribution in [1.29, 1.82) is 0 Å². The van der Waals surface area contributed by atoms with Gasteiger partial charge >= 0.3 is 0 Å². The Morgan fingerprint density at radius 1 is 1.41 bits per heavy atom. The summed E-state index contributed by atoms with van der Waals surface area (Å²) >= 11 is 0. The van der Waals surface area contributed by atoms with Gasteiger partial charge in [0.05, 0.1) is 6.61 Å². The van der Waals surface area contributed by atoms with E-state index in [1.54, 1.807) is 11.9 Å². The van der Waals surface area contributed by atoms with Crippen molar-refractivity contribution in [2.24, 2.45) is 0 Å². The van der Waals surface area contributed by atoms with Crippen LogP contribution in [0.15, 0.2) is 24.3 Å². The van der Waals surface area contributed by atoms with Crippen LogP contribution >= 0.6 is 0 Å². The number of ether oxygens (including phenoxy) is 1. The molecule has 0 aliphatic rings. The molecule has 4 heteroatoms. The highest BCUT2D eigenvalue weighted by molar-refractivity contribution is 5.77. The van der Waals surface area contributed by atoms with Gasteiger partial charge in [-0.25, -0.2) is 0 Å². The molecule has 0 bridgehead atoms. The molecule has 2 N–H and O–H groups in total. The van der Waals surface area contributed by atoms with Crippen LogP contribution in [-0.4, -0.2) is 37.6 Å². The summed E-state index contributed by atoms with van der Waals surface area (Å²) < 4.78 is 5.33. The van der Waals surface area contributed by atoms with Crippen LogP contribution in [0.3, 0.4) is 0 Å². The SMILES string of the molecule is CCN(C)C(=O)COCCc1ccccc1N. The Labute approximate surface area is 102 Å². The van der Waals surface area contributed by atoms with E-state index in [2.05, 4.69) is 0 Å². The second-order valence-corrected chi connectivity index (χ2v) is 3.91. The van der Waals surface area contributed by atoms with E-state index in [0.29, 0.717) is 13.2 Å². The fourth-order valence-electron chi connectivity index (χ4n) is 1.39. The first-order chi connectivity index (χ1) is 8.15. The molecule has 1 aromatic rings. The van der Waals surface area contributed by atoms with E-state index < -0.39 is 0 Å². The molecule has 4 nitrogen and oxygen atoms in total. The predicted octanol–water partition coefficient (Wildman–Crippen LogP) is 1.31. The number of nitrogen functional groups attached to an aromatic ring is 1. The second kappa shape index (κ2) is 6.91. The van der Waals surface area contributed by atoms with Crippen LogP contribution in [0.4, 0.5) is 5.69 Å². The summed E-state index contributed by atoms with van der Waals surface area (Å²) in [5.74, 6) is 0.00790. The molecule has 1 rings (SSSR count). The van der Waals surface area contributed by atoms with Crippen molar-refractivity contribution in [3.05, 3.63) is 29.8 Å². The molecule has 17 heavy (non-hydrogen) atoms. The largest absolute Gasteiger partial charge is 0.399 e. The molecular formula is C13H20N2O2. The maximum Gasteiger partial charge on any atom is 0.248 e. The first-order valence-corrected chi connectivity index (χ1v) is 5.80. The number of hydrogen-bond acceptors (Lipinski definition) is 3. The van der Waals surface area contributed by atoms with Crippen LogP contribution in [0.2, 0.25) is 0 Å². The average Bonchev–Trinajstić information content (AvgIpc) is 2.35. The van der Waals surface area contributed by atoms with Gasteiger partial charge in [0.2, 0.25) is 5.91 Å². The standard InChI is InChI=1S/C13H20N2O2/c1-3-15(2)13(16)10-17-9-8-11-6-4-5-7-12(11)14/h4-7H,3,8-10,14H2,1-2H3. The minimum absolute atomic E-state index is 0.00790. The fourth-order valence-corrected chi connectivity index (χ4v) is 1.39. The molecule has 0 aliphatic carbocycles. The predicted molar refractivity (Wildman–Crippen MR) is 68.7 cm³/mol. The van der Waals surface area contributed by atoms with Gasteiger partial charge in [-0.15, -0.1) is 0 Å². The number of anilines is 1. The van der Waals surface area contributed by atoms with Crippen molar-refractivity contribution in [2.45, 2.75) is 13.3 Å². The van der Waals surface area contributed by atoms with Gasteiger partial charge in [-0.1, -0.05) is 18.2 Å². The number of nitrogens with zero attached hydrogens (tertiary/aromatic N) is 1. The van der Waals surface area contributed by atoms with E-state index in [1.807, 2.05) is 31.2 Å². The molecule has 1 amide bonds. The Bertz CT molecular complexity index is 366. The van der Waals surface area contributed by atoms with E-state index >= 15 is 0 Å². The summed E-state index contributed by atoms with van der Waals surface area (Å²) in [5, 5.41) is 0. The normalized spacial score (nSPS) is 10.2. The third-order valence-electron chi connectivity index (χ3n) is 2.70. The van der Waals surface area contributed by atoms with Gasteiger partial charge in [0.25, 0.3) is 0 Å².